The fraction of sp³-hybridized carbons (Fsp3) is 0.818. The fourth-order valence-electron chi connectivity index (χ4n) is 1.44. The maximum Gasteiger partial charge on any atom is 0.317 e. The zero-order valence-electron chi connectivity index (χ0n) is 11.1. The van der Waals surface area contributed by atoms with Crippen LogP contribution >= 0.6 is 0 Å². The van der Waals surface area contributed by atoms with E-state index in [1.165, 1.54) is 12.0 Å². The highest BCUT2D eigenvalue weighted by Crippen LogP contribution is 1.90. The summed E-state index contributed by atoms with van der Waals surface area (Å²) in [5.74, 6) is -1.19. The summed E-state index contributed by atoms with van der Waals surface area (Å²) in [6.07, 6.45) is 0. The Balaban J connectivity index is 4.12. The van der Waals surface area contributed by atoms with E-state index in [4.69, 9.17) is 14.6 Å². The van der Waals surface area contributed by atoms with Crippen LogP contribution in [-0.2, 0) is 19.1 Å². The molecule has 0 fully saturated rings. The van der Waals surface area contributed by atoms with Gasteiger partial charge in [0.05, 0.1) is 26.3 Å². The highest BCUT2D eigenvalue weighted by atomic mass is 16.5. The number of rotatable bonds is 10. The van der Waals surface area contributed by atoms with Crippen LogP contribution < -0.4 is 5.32 Å². The quantitative estimate of drug-likeness (QED) is 0.534. The molecule has 0 spiro atoms. The van der Waals surface area contributed by atoms with Gasteiger partial charge in [0.2, 0.25) is 5.91 Å². The van der Waals surface area contributed by atoms with Gasteiger partial charge in [0, 0.05) is 26.8 Å². The van der Waals surface area contributed by atoms with E-state index in [1.54, 1.807) is 7.11 Å². The predicted octanol–water partition coefficient (Wildman–Crippen LogP) is -0.829. The second kappa shape index (κ2) is 9.81. The van der Waals surface area contributed by atoms with Crippen molar-refractivity contribution in [3.05, 3.63) is 0 Å². The van der Waals surface area contributed by atoms with Gasteiger partial charge in [-0.05, 0) is 6.92 Å². The van der Waals surface area contributed by atoms with Crippen molar-refractivity contribution in [2.75, 3.05) is 47.1 Å². The number of aliphatic carboxylic acids is 1. The Morgan fingerprint density at radius 3 is 2.44 bits per heavy atom. The van der Waals surface area contributed by atoms with Gasteiger partial charge < -0.3 is 19.9 Å². The first-order valence-electron chi connectivity index (χ1n) is 5.71. The van der Waals surface area contributed by atoms with Crippen molar-refractivity contribution in [3.8, 4) is 0 Å². The minimum absolute atomic E-state index is 0.0315. The molecule has 0 aromatic carbocycles. The monoisotopic (exact) mass is 262 g/mol. The fourth-order valence-corrected chi connectivity index (χ4v) is 1.44. The molecular weight excluding hydrogens is 240 g/mol. The maximum atomic E-state index is 11.6. The second-order valence-electron chi connectivity index (χ2n) is 4.02. The number of nitrogens with zero attached hydrogens (tertiary/aromatic N) is 1. The summed E-state index contributed by atoms with van der Waals surface area (Å²) in [4.78, 5) is 23.8. The zero-order valence-corrected chi connectivity index (χ0v) is 11.1. The van der Waals surface area contributed by atoms with Crippen LogP contribution in [0.5, 0.6) is 0 Å². The summed E-state index contributed by atoms with van der Waals surface area (Å²) in [6.45, 7) is 2.86. The SMILES string of the molecule is COCCN(CC(=O)O)CC(=O)NC(C)COC. The Kier molecular flexibility index (Phi) is 9.17. The zero-order chi connectivity index (χ0) is 14.0. The molecule has 0 rings (SSSR count). The van der Waals surface area contributed by atoms with Gasteiger partial charge in [0.15, 0.2) is 0 Å². The molecule has 0 saturated heterocycles. The third-order valence-corrected chi connectivity index (χ3v) is 2.16. The van der Waals surface area contributed by atoms with Crippen molar-refractivity contribution in [3.63, 3.8) is 0 Å². The van der Waals surface area contributed by atoms with E-state index >= 15 is 0 Å². The van der Waals surface area contributed by atoms with Gasteiger partial charge in [-0.2, -0.15) is 0 Å². The first kappa shape index (κ1) is 16.8. The molecule has 0 aromatic rings. The number of ether oxygens (including phenoxy) is 2. The number of hydrogen-bond donors (Lipinski definition) is 2. The van der Waals surface area contributed by atoms with E-state index in [9.17, 15) is 9.59 Å². The van der Waals surface area contributed by atoms with Crippen LogP contribution in [0.4, 0.5) is 0 Å². The summed E-state index contributed by atoms with van der Waals surface area (Å²) in [5.41, 5.74) is 0. The topological polar surface area (TPSA) is 88.1 Å². The molecule has 7 nitrogen and oxygen atoms in total. The van der Waals surface area contributed by atoms with Crippen molar-refractivity contribution >= 4 is 11.9 Å². The van der Waals surface area contributed by atoms with Crippen molar-refractivity contribution < 1.29 is 24.2 Å². The number of carboxylic acids is 1. The Labute approximate surface area is 107 Å². The maximum absolute atomic E-state index is 11.6. The number of carboxylic acid groups (broad SMARTS) is 1. The van der Waals surface area contributed by atoms with Crippen molar-refractivity contribution in [2.45, 2.75) is 13.0 Å². The highest BCUT2D eigenvalue weighted by Gasteiger charge is 2.15. The van der Waals surface area contributed by atoms with E-state index in [2.05, 4.69) is 5.32 Å². The molecule has 1 amide bonds. The van der Waals surface area contributed by atoms with Gasteiger partial charge in [-0.3, -0.25) is 14.5 Å². The molecule has 0 saturated carbocycles. The number of hydrogen-bond acceptors (Lipinski definition) is 5. The normalized spacial score (nSPS) is 12.4. The molecular formula is C11H22N2O5. The minimum atomic E-state index is -0.969. The standard InChI is InChI=1S/C11H22N2O5/c1-9(8-18-3)12-10(14)6-13(4-5-17-2)7-11(15)16/h9H,4-8H2,1-3H3,(H,12,14)(H,15,16). The number of nitrogens with one attached hydrogen (secondary N) is 1. The van der Waals surface area contributed by atoms with Gasteiger partial charge in [-0.15, -0.1) is 0 Å². The second-order valence-corrected chi connectivity index (χ2v) is 4.02. The molecule has 0 aliphatic carbocycles. The summed E-state index contributed by atoms with van der Waals surface area (Å²) in [7, 11) is 3.08. The van der Waals surface area contributed by atoms with Gasteiger partial charge in [-0.1, -0.05) is 0 Å². The van der Waals surface area contributed by atoms with Crippen LogP contribution in [0.1, 0.15) is 6.92 Å². The Hall–Kier alpha value is -1.18. The first-order chi connectivity index (χ1) is 8.49. The molecule has 0 heterocycles. The average molecular weight is 262 g/mol. The van der Waals surface area contributed by atoms with E-state index in [0.29, 0.717) is 19.8 Å². The summed E-state index contributed by atoms with van der Waals surface area (Å²) >= 11 is 0. The molecule has 7 heteroatoms. The average Bonchev–Trinajstić information content (AvgIpc) is 2.25. The van der Waals surface area contributed by atoms with Crippen LogP contribution in [0.3, 0.4) is 0 Å². The largest absolute Gasteiger partial charge is 0.480 e. The number of carbonyl (C=O) groups is 2. The van der Waals surface area contributed by atoms with Gasteiger partial charge in [-0.25, -0.2) is 0 Å². The first-order valence-corrected chi connectivity index (χ1v) is 5.71. The van der Waals surface area contributed by atoms with Crippen molar-refractivity contribution in [2.24, 2.45) is 0 Å². The molecule has 18 heavy (non-hydrogen) atoms. The molecule has 0 radical (unpaired) electrons. The van der Waals surface area contributed by atoms with E-state index in [1.807, 2.05) is 6.92 Å². The highest BCUT2D eigenvalue weighted by molar-refractivity contribution is 5.79. The Bertz CT molecular complexity index is 260. The van der Waals surface area contributed by atoms with Crippen LogP contribution in [0.25, 0.3) is 0 Å². The molecule has 106 valence electrons. The molecule has 0 aromatic heterocycles. The predicted molar refractivity (Wildman–Crippen MR) is 65.4 cm³/mol. The molecule has 1 unspecified atom stereocenters. The van der Waals surface area contributed by atoms with Crippen molar-refractivity contribution in [1.82, 2.24) is 10.2 Å². The summed E-state index contributed by atoms with van der Waals surface area (Å²) in [5, 5.41) is 11.4. The lowest BCUT2D eigenvalue weighted by Crippen LogP contribution is -2.44. The van der Waals surface area contributed by atoms with E-state index < -0.39 is 5.97 Å². The number of carbonyl (C=O) groups excluding carboxylic acids is 1. The van der Waals surface area contributed by atoms with Gasteiger partial charge in [0.25, 0.3) is 0 Å². The van der Waals surface area contributed by atoms with Crippen molar-refractivity contribution in [1.29, 1.82) is 0 Å². The lowest BCUT2D eigenvalue weighted by atomic mass is 10.3. The van der Waals surface area contributed by atoms with Gasteiger partial charge in [0.1, 0.15) is 0 Å². The van der Waals surface area contributed by atoms with E-state index in [-0.39, 0.29) is 25.0 Å². The lowest BCUT2D eigenvalue weighted by Gasteiger charge is -2.20. The van der Waals surface area contributed by atoms with E-state index in [0.717, 1.165) is 0 Å². The third-order valence-electron chi connectivity index (χ3n) is 2.16. The molecule has 0 aliphatic heterocycles. The Morgan fingerprint density at radius 2 is 1.94 bits per heavy atom. The van der Waals surface area contributed by atoms with Crippen LogP contribution in [0, 0.1) is 0 Å². The number of methoxy groups -OCH3 is 2. The lowest BCUT2D eigenvalue weighted by molar-refractivity contribution is -0.138. The number of amides is 1. The van der Waals surface area contributed by atoms with Crippen LogP contribution in [0.15, 0.2) is 0 Å². The van der Waals surface area contributed by atoms with Crippen LogP contribution in [0.2, 0.25) is 0 Å². The third kappa shape index (κ3) is 8.91. The summed E-state index contributed by atoms with van der Waals surface area (Å²) in [6, 6.07) is -0.100. The summed E-state index contributed by atoms with van der Waals surface area (Å²) < 4.78 is 9.77. The van der Waals surface area contributed by atoms with Crippen LogP contribution in [-0.4, -0.2) is 75.0 Å². The molecule has 0 bridgehead atoms. The Morgan fingerprint density at radius 1 is 1.28 bits per heavy atom. The molecule has 0 aliphatic rings. The minimum Gasteiger partial charge on any atom is -0.480 e. The molecule has 2 N–H and O–H groups in total. The molecule has 1 atom stereocenters. The van der Waals surface area contributed by atoms with Gasteiger partial charge >= 0.3 is 5.97 Å². The smallest absolute Gasteiger partial charge is 0.317 e.